The highest BCUT2D eigenvalue weighted by Crippen LogP contribution is 2.51. The van der Waals surface area contributed by atoms with E-state index in [2.05, 4.69) is 10.1 Å². The lowest BCUT2D eigenvalue weighted by molar-refractivity contribution is -0.142. The molecule has 128 valence electrons. The molecular formula is C16H16F3N3O2. The fourth-order valence-electron chi connectivity index (χ4n) is 4.19. The van der Waals surface area contributed by atoms with E-state index in [0.717, 1.165) is 50.7 Å². The van der Waals surface area contributed by atoms with Gasteiger partial charge in [0.05, 0.1) is 5.69 Å². The molecule has 1 N–H and O–H groups in total. The molecule has 0 saturated heterocycles. The number of carboxylic acid groups (broad SMARTS) is 1. The van der Waals surface area contributed by atoms with E-state index in [1.54, 1.807) is 0 Å². The Morgan fingerprint density at radius 2 is 1.83 bits per heavy atom. The zero-order valence-corrected chi connectivity index (χ0v) is 12.8. The third kappa shape index (κ3) is 2.27. The molecule has 0 aliphatic heterocycles. The summed E-state index contributed by atoms with van der Waals surface area (Å²) in [6, 6.07) is 2.17. The first-order valence-electron chi connectivity index (χ1n) is 8.00. The van der Waals surface area contributed by atoms with Gasteiger partial charge in [0.1, 0.15) is 5.69 Å². The molecule has 8 heteroatoms. The standard InChI is InChI=1S/C16H16F3N3O2/c17-16(18,19)12-8-11(15-4-1-9(2-5-15)3-6-15)20-13-7-10(14(23)24)21-22(12)13/h7-9H,1-6H2,(H,23,24). The molecule has 0 spiro atoms. The number of alkyl halides is 3. The van der Waals surface area contributed by atoms with Crippen molar-refractivity contribution in [3.63, 3.8) is 0 Å². The van der Waals surface area contributed by atoms with Crippen molar-refractivity contribution in [3.05, 3.63) is 29.2 Å². The average molecular weight is 339 g/mol. The van der Waals surface area contributed by atoms with E-state index in [0.29, 0.717) is 16.1 Å². The first-order valence-corrected chi connectivity index (χ1v) is 8.00. The van der Waals surface area contributed by atoms with Crippen LogP contribution in [0.5, 0.6) is 0 Å². The van der Waals surface area contributed by atoms with Crippen LogP contribution in [0.15, 0.2) is 12.1 Å². The molecule has 5 nitrogen and oxygen atoms in total. The van der Waals surface area contributed by atoms with Crippen molar-refractivity contribution >= 4 is 11.6 Å². The smallest absolute Gasteiger partial charge is 0.433 e. The quantitative estimate of drug-likeness (QED) is 0.906. The molecule has 5 rings (SSSR count). The number of fused-ring (bicyclic) bond motifs is 4. The van der Waals surface area contributed by atoms with Crippen LogP contribution >= 0.6 is 0 Å². The van der Waals surface area contributed by atoms with Crippen LogP contribution in [0.4, 0.5) is 13.2 Å². The molecule has 0 radical (unpaired) electrons. The van der Waals surface area contributed by atoms with E-state index in [-0.39, 0.29) is 11.1 Å². The molecule has 3 aliphatic rings. The molecule has 3 fully saturated rings. The Bertz CT molecular complexity index is 806. The minimum absolute atomic E-state index is 0.0562. The van der Waals surface area contributed by atoms with E-state index in [4.69, 9.17) is 5.11 Å². The summed E-state index contributed by atoms with van der Waals surface area (Å²) in [5, 5.41) is 12.6. The van der Waals surface area contributed by atoms with Crippen molar-refractivity contribution in [1.29, 1.82) is 0 Å². The average Bonchev–Trinajstić information content (AvgIpc) is 2.99. The summed E-state index contributed by atoms with van der Waals surface area (Å²) in [6.07, 6.45) is 0.976. The molecule has 0 unspecified atom stereocenters. The van der Waals surface area contributed by atoms with Gasteiger partial charge in [0.2, 0.25) is 0 Å². The first-order chi connectivity index (χ1) is 11.3. The maximum absolute atomic E-state index is 13.5. The lowest BCUT2D eigenvalue weighted by atomic mass is 9.59. The number of halogens is 3. The second-order valence-electron chi connectivity index (χ2n) is 6.89. The van der Waals surface area contributed by atoms with Crippen LogP contribution in [0.1, 0.15) is 60.4 Å². The summed E-state index contributed by atoms with van der Waals surface area (Å²) < 4.78 is 41.0. The first kappa shape index (κ1) is 15.4. The van der Waals surface area contributed by atoms with Gasteiger partial charge >= 0.3 is 12.1 Å². The summed E-state index contributed by atoms with van der Waals surface area (Å²) in [7, 11) is 0. The zero-order valence-electron chi connectivity index (χ0n) is 12.8. The monoisotopic (exact) mass is 339 g/mol. The molecule has 2 aromatic heterocycles. The van der Waals surface area contributed by atoms with Gasteiger partial charge in [-0.15, -0.1) is 0 Å². The fraction of sp³-hybridized carbons (Fsp3) is 0.562. The summed E-state index contributed by atoms with van der Waals surface area (Å²) in [5.41, 5.74) is -1.34. The highest BCUT2D eigenvalue weighted by atomic mass is 19.4. The van der Waals surface area contributed by atoms with Crippen LogP contribution < -0.4 is 0 Å². The van der Waals surface area contributed by atoms with E-state index >= 15 is 0 Å². The van der Waals surface area contributed by atoms with Gasteiger partial charge < -0.3 is 5.11 Å². The van der Waals surface area contributed by atoms with Gasteiger partial charge in [0.15, 0.2) is 11.3 Å². The lowest BCUT2D eigenvalue weighted by Crippen LogP contribution is -2.38. The SMILES string of the molecule is O=C(O)c1cc2nc(C34CCC(CC3)CC4)cc(C(F)(F)F)n2n1. The maximum atomic E-state index is 13.5. The molecule has 24 heavy (non-hydrogen) atoms. The number of carbonyl (C=O) groups is 1. The summed E-state index contributed by atoms with van der Waals surface area (Å²) in [5.74, 6) is -0.683. The highest BCUT2D eigenvalue weighted by Gasteiger charge is 2.44. The number of nitrogens with zero attached hydrogens (tertiary/aromatic N) is 3. The van der Waals surface area contributed by atoms with Crippen molar-refractivity contribution in [2.24, 2.45) is 5.92 Å². The Hall–Kier alpha value is -2.12. The van der Waals surface area contributed by atoms with Crippen molar-refractivity contribution in [3.8, 4) is 0 Å². The Balaban J connectivity index is 1.92. The van der Waals surface area contributed by atoms with Crippen LogP contribution in [0.2, 0.25) is 0 Å². The van der Waals surface area contributed by atoms with Gasteiger partial charge in [-0.1, -0.05) is 0 Å². The fourth-order valence-corrected chi connectivity index (χ4v) is 4.19. The zero-order chi connectivity index (χ0) is 17.1. The third-order valence-electron chi connectivity index (χ3n) is 5.57. The van der Waals surface area contributed by atoms with Gasteiger partial charge in [-0.2, -0.15) is 18.3 Å². The third-order valence-corrected chi connectivity index (χ3v) is 5.57. The minimum Gasteiger partial charge on any atom is -0.476 e. The van der Waals surface area contributed by atoms with Crippen molar-refractivity contribution in [2.45, 2.75) is 50.1 Å². The molecule has 2 aromatic rings. The van der Waals surface area contributed by atoms with E-state index in [1.165, 1.54) is 0 Å². The summed E-state index contributed by atoms with van der Waals surface area (Å²) in [4.78, 5) is 15.4. The molecule has 3 aliphatic carbocycles. The molecule has 3 saturated carbocycles. The van der Waals surface area contributed by atoms with Gasteiger partial charge in [-0.25, -0.2) is 14.3 Å². The van der Waals surface area contributed by atoms with E-state index < -0.39 is 23.5 Å². The number of aromatic carboxylic acids is 1. The van der Waals surface area contributed by atoms with Crippen LogP contribution in [0.25, 0.3) is 5.65 Å². The van der Waals surface area contributed by atoms with Gasteiger partial charge in [-0.05, 0) is 50.5 Å². The predicted molar refractivity (Wildman–Crippen MR) is 77.8 cm³/mol. The summed E-state index contributed by atoms with van der Waals surface area (Å²) in [6.45, 7) is 0. The lowest BCUT2D eigenvalue weighted by Gasteiger charge is -2.46. The number of hydrogen-bond donors (Lipinski definition) is 1. The number of hydrogen-bond acceptors (Lipinski definition) is 3. The molecule has 0 amide bonds. The van der Waals surface area contributed by atoms with Crippen molar-refractivity contribution < 1.29 is 23.1 Å². The molecule has 0 atom stereocenters. The van der Waals surface area contributed by atoms with E-state index in [9.17, 15) is 18.0 Å². The van der Waals surface area contributed by atoms with Gasteiger partial charge in [0, 0.05) is 11.5 Å². The number of carboxylic acids is 1. The van der Waals surface area contributed by atoms with Crippen LogP contribution in [-0.2, 0) is 11.6 Å². The Morgan fingerprint density at radius 3 is 2.38 bits per heavy atom. The van der Waals surface area contributed by atoms with E-state index in [1.807, 2.05) is 0 Å². The number of rotatable bonds is 2. The Labute approximate surface area is 135 Å². The van der Waals surface area contributed by atoms with Gasteiger partial charge in [0.25, 0.3) is 0 Å². The minimum atomic E-state index is -4.62. The molecule has 2 heterocycles. The largest absolute Gasteiger partial charge is 0.476 e. The van der Waals surface area contributed by atoms with Crippen LogP contribution in [-0.4, -0.2) is 25.7 Å². The van der Waals surface area contributed by atoms with Crippen LogP contribution in [0, 0.1) is 5.92 Å². The number of aromatic nitrogens is 3. The highest BCUT2D eigenvalue weighted by molar-refractivity contribution is 5.86. The Morgan fingerprint density at radius 1 is 1.21 bits per heavy atom. The Kier molecular flexibility index (Phi) is 3.17. The topological polar surface area (TPSA) is 67.5 Å². The van der Waals surface area contributed by atoms with Crippen molar-refractivity contribution in [1.82, 2.24) is 14.6 Å². The normalized spacial score (nSPS) is 26.9. The molecule has 2 bridgehead atoms. The second kappa shape index (κ2) is 4.94. The second-order valence-corrected chi connectivity index (χ2v) is 6.89. The maximum Gasteiger partial charge on any atom is 0.433 e. The summed E-state index contributed by atoms with van der Waals surface area (Å²) >= 11 is 0. The molecular weight excluding hydrogens is 323 g/mol. The predicted octanol–water partition coefficient (Wildman–Crippen LogP) is 3.67. The van der Waals surface area contributed by atoms with Gasteiger partial charge in [-0.3, -0.25) is 0 Å². The van der Waals surface area contributed by atoms with Crippen molar-refractivity contribution in [2.75, 3.05) is 0 Å². The molecule has 0 aromatic carbocycles. The van der Waals surface area contributed by atoms with Crippen LogP contribution in [0.3, 0.4) is 0 Å².